The third-order valence-corrected chi connectivity index (χ3v) is 2.93. The highest BCUT2D eigenvalue weighted by molar-refractivity contribution is 5.94. The fraction of sp³-hybridized carbons (Fsp3) is 0.286. The lowest BCUT2D eigenvalue weighted by Crippen LogP contribution is -2.25. The van der Waals surface area contributed by atoms with Crippen molar-refractivity contribution >= 4 is 5.91 Å². The minimum absolute atomic E-state index is 0.139. The maximum absolute atomic E-state index is 11.9. The lowest BCUT2D eigenvalue weighted by Gasteiger charge is -2.06. The molecule has 19 heavy (non-hydrogen) atoms. The summed E-state index contributed by atoms with van der Waals surface area (Å²) in [6.45, 7) is 2.33. The molecule has 0 unspecified atom stereocenters. The molecular weight excluding hydrogens is 242 g/mol. The van der Waals surface area contributed by atoms with Crippen LogP contribution < -0.4 is 5.32 Å². The number of rotatable bonds is 4. The molecule has 0 saturated carbocycles. The molecule has 1 amide bonds. The maximum Gasteiger partial charge on any atom is 0.251 e. The van der Waals surface area contributed by atoms with E-state index in [0.29, 0.717) is 12.1 Å². The number of hydrogen-bond donors (Lipinski definition) is 2. The number of nitrogens with one attached hydrogen (secondary N) is 1. The van der Waals surface area contributed by atoms with Crippen LogP contribution in [0.25, 0.3) is 0 Å². The predicted molar refractivity (Wildman–Crippen MR) is 72.1 cm³/mol. The van der Waals surface area contributed by atoms with Gasteiger partial charge in [0.2, 0.25) is 0 Å². The highest BCUT2D eigenvalue weighted by atomic mass is 16.3. The van der Waals surface area contributed by atoms with Crippen LogP contribution in [0.5, 0.6) is 5.75 Å². The van der Waals surface area contributed by atoms with Crippen molar-refractivity contribution in [2.24, 2.45) is 7.05 Å². The predicted octanol–water partition coefficient (Wildman–Crippen LogP) is 1.41. The van der Waals surface area contributed by atoms with Gasteiger partial charge in [0.25, 0.3) is 5.91 Å². The summed E-state index contributed by atoms with van der Waals surface area (Å²) in [7, 11) is 1.86. The third kappa shape index (κ3) is 3.34. The summed E-state index contributed by atoms with van der Waals surface area (Å²) in [5.41, 5.74) is 2.30. The number of carbonyl (C=O) groups is 1. The molecule has 0 bridgehead atoms. The first kappa shape index (κ1) is 13.1. The molecule has 100 valence electrons. The van der Waals surface area contributed by atoms with Crippen LogP contribution in [-0.2, 0) is 13.5 Å². The number of aryl methyl sites for hydroxylation is 2. The highest BCUT2D eigenvalue weighted by Gasteiger charge is 2.07. The summed E-state index contributed by atoms with van der Waals surface area (Å²) in [6, 6.07) is 4.91. The van der Waals surface area contributed by atoms with Crippen molar-refractivity contribution in [2.45, 2.75) is 13.3 Å². The highest BCUT2D eigenvalue weighted by Crippen LogP contribution is 2.17. The van der Waals surface area contributed by atoms with Crippen molar-refractivity contribution in [3.05, 3.63) is 47.3 Å². The Labute approximate surface area is 111 Å². The van der Waals surface area contributed by atoms with Crippen molar-refractivity contribution in [3.8, 4) is 5.75 Å². The van der Waals surface area contributed by atoms with Crippen LogP contribution in [0.4, 0.5) is 0 Å². The number of amides is 1. The Kier molecular flexibility index (Phi) is 3.85. The van der Waals surface area contributed by atoms with Crippen molar-refractivity contribution in [1.29, 1.82) is 0 Å². The number of carbonyl (C=O) groups excluding carboxylic acids is 1. The molecule has 5 heteroatoms. The van der Waals surface area contributed by atoms with Crippen LogP contribution in [0.1, 0.15) is 21.5 Å². The van der Waals surface area contributed by atoms with Gasteiger partial charge in [-0.3, -0.25) is 9.48 Å². The molecule has 0 atom stereocenters. The van der Waals surface area contributed by atoms with E-state index < -0.39 is 0 Å². The first-order valence-corrected chi connectivity index (χ1v) is 6.11. The van der Waals surface area contributed by atoms with E-state index in [0.717, 1.165) is 17.5 Å². The molecule has 1 aromatic heterocycles. The van der Waals surface area contributed by atoms with Crippen LogP contribution in [0, 0.1) is 6.92 Å². The smallest absolute Gasteiger partial charge is 0.251 e. The monoisotopic (exact) mass is 259 g/mol. The largest absolute Gasteiger partial charge is 0.508 e. The summed E-state index contributed by atoms with van der Waals surface area (Å²) >= 11 is 0. The molecule has 0 fully saturated rings. The Morgan fingerprint density at radius 3 is 2.89 bits per heavy atom. The molecular formula is C14H17N3O2. The molecule has 2 N–H and O–H groups in total. The molecule has 0 aliphatic heterocycles. The standard InChI is InChI=1S/C14H17N3O2/c1-10-3-4-12(7-13(10)18)14(19)15-6-5-11-8-16-17(2)9-11/h3-4,7-9,18H,5-6H2,1-2H3,(H,15,19). The molecule has 1 aromatic carbocycles. The van der Waals surface area contributed by atoms with Gasteiger partial charge in [0.1, 0.15) is 5.75 Å². The van der Waals surface area contributed by atoms with E-state index in [2.05, 4.69) is 10.4 Å². The normalized spacial score (nSPS) is 10.4. The SMILES string of the molecule is Cc1ccc(C(=O)NCCc2cnn(C)c2)cc1O. The van der Waals surface area contributed by atoms with E-state index in [1.54, 1.807) is 29.9 Å². The number of aromatic hydroxyl groups is 1. The molecule has 0 aliphatic carbocycles. The van der Waals surface area contributed by atoms with Gasteiger partial charge in [0, 0.05) is 25.4 Å². The first-order chi connectivity index (χ1) is 9.06. The number of aromatic nitrogens is 2. The Bertz CT molecular complexity index is 590. The molecule has 0 aliphatic rings. The van der Waals surface area contributed by atoms with E-state index in [-0.39, 0.29) is 11.7 Å². The number of hydrogen-bond acceptors (Lipinski definition) is 3. The van der Waals surface area contributed by atoms with Gasteiger partial charge in [0.05, 0.1) is 6.20 Å². The summed E-state index contributed by atoms with van der Waals surface area (Å²) in [6.07, 6.45) is 4.44. The fourth-order valence-corrected chi connectivity index (χ4v) is 1.77. The summed E-state index contributed by atoms with van der Waals surface area (Å²) in [5, 5.41) is 16.4. The van der Waals surface area contributed by atoms with Crippen molar-refractivity contribution in [2.75, 3.05) is 6.54 Å². The second kappa shape index (κ2) is 5.56. The van der Waals surface area contributed by atoms with Crippen LogP contribution in [0.2, 0.25) is 0 Å². The van der Waals surface area contributed by atoms with Gasteiger partial charge in [-0.05, 0) is 36.6 Å². The Morgan fingerprint density at radius 2 is 2.26 bits per heavy atom. The Balaban J connectivity index is 1.89. The van der Waals surface area contributed by atoms with Gasteiger partial charge in [-0.15, -0.1) is 0 Å². The summed E-state index contributed by atoms with van der Waals surface area (Å²) < 4.78 is 1.73. The Hall–Kier alpha value is -2.30. The van der Waals surface area contributed by atoms with Gasteiger partial charge < -0.3 is 10.4 Å². The van der Waals surface area contributed by atoms with Crippen LogP contribution in [-0.4, -0.2) is 27.3 Å². The molecule has 0 saturated heterocycles. The fourth-order valence-electron chi connectivity index (χ4n) is 1.77. The van der Waals surface area contributed by atoms with Crippen LogP contribution >= 0.6 is 0 Å². The van der Waals surface area contributed by atoms with Gasteiger partial charge in [0.15, 0.2) is 0 Å². The minimum atomic E-state index is -0.181. The average Bonchev–Trinajstić information content (AvgIpc) is 2.78. The molecule has 5 nitrogen and oxygen atoms in total. The maximum atomic E-state index is 11.9. The van der Waals surface area contributed by atoms with E-state index in [4.69, 9.17) is 0 Å². The minimum Gasteiger partial charge on any atom is -0.508 e. The van der Waals surface area contributed by atoms with Gasteiger partial charge in [-0.25, -0.2) is 0 Å². The second-order valence-electron chi connectivity index (χ2n) is 4.53. The number of benzene rings is 1. The third-order valence-electron chi connectivity index (χ3n) is 2.93. The van der Waals surface area contributed by atoms with Gasteiger partial charge >= 0.3 is 0 Å². The molecule has 2 rings (SSSR count). The molecule has 0 radical (unpaired) electrons. The first-order valence-electron chi connectivity index (χ1n) is 6.11. The van der Waals surface area contributed by atoms with Crippen molar-refractivity contribution in [3.63, 3.8) is 0 Å². The number of phenolic OH excluding ortho intramolecular Hbond substituents is 1. The molecule has 1 heterocycles. The van der Waals surface area contributed by atoms with E-state index in [1.807, 2.05) is 13.2 Å². The van der Waals surface area contributed by atoms with E-state index in [9.17, 15) is 9.90 Å². The van der Waals surface area contributed by atoms with E-state index >= 15 is 0 Å². The quantitative estimate of drug-likeness (QED) is 0.872. The van der Waals surface area contributed by atoms with Gasteiger partial charge in [-0.1, -0.05) is 6.07 Å². The second-order valence-corrected chi connectivity index (χ2v) is 4.53. The van der Waals surface area contributed by atoms with E-state index in [1.165, 1.54) is 6.07 Å². The zero-order valence-electron chi connectivity index (χ0n) is 11.1. The zero-order valence-corrected chi connectivity index (χ0v) is 11.1. The Morgan fingerprint density at radius 1 is 1.47 bits per heavy atom. The number of nitrogens with zero attached hydrogens (tertiary/aromatic N) is 2. The molecule has 2 aromatic rings. The van der Waals surface area contributed by atoms with Gasteiger partial charge in [-0.2, -0.15) is 5.10 Å². The summed E-state index contributed by atoms with van der Waals surface area (Å²) in [4.78, 5) is 11.9. The summed E-state index contributed by atoms with van der Waals surface area (Å²) in [5.74, 6) is -0.0425. The topological polar surface area (TPSA) is 67.2 Å². The van der Waals surface area contributed by atoms with Crippen LogP contribution in [0.15, 0.2) is 30.6 Å². The lowest BCUT2D eigenvalue weighted by atomic mass is 10.1. The lowest BCUT2D eigenvalue weighted by molar-refractivity contribution is 0.0953. The van der Waals surface area contributed by atoms with Crippen molar-refractivity contribution < 1.29 is 9.90 Å². The zero-order chi connectivity index (χ0) is 13.8. The van der Waals surface area contributed by atoms with Crippen molar-refractivity contribution in [1.82, 2.24) is 15.1 Å². The number of phenols is 1. The van der Waals surface area contributed by atoms with Crippen LogP contribution in [0.3, 0.4) is 0 Å². The molecule has 0 spiro atoms. The average molecular weight is 259 g/mol.